The van der Waals surface area contributed by atoms with E-state index in [2.05, 4.69) is 96.4 Å². The molecule has 8 rings (SSSR count). The van der Waals surface area contributed by atoms with E-state index in [4.69, 9.17) is 0 Å². The fraction of sp³-hybridized carbons (Fsp3) is 0.208. The first-order valence-electron chi connectivity index (χ1n) is 20.2. The zero-order chi connectivity index (χ0) is 39.1. The first kappa shape index (κ1) is 37.1. The van der Waals surface area contributed by atoms with Crippen LogP contribution in [0.1, 0.15) is 113 Å². The third-order valence-corrected chi connectivity index (χ3v) is 10.7. The Morgan fingerprint density at radius 2 is 1.02 bits per heavy atom. The van der Waals surface area contributed by atoms with Crippen molar-refractivity contribution in [2.75, 3.05) is 6.54 Å². The standard InChI is InChI=1S/C53H44N2O2/c1-3-5-6-7-8-11-35-55-52(56)46-18-13-17-44-43(31-32-47(51(44)46)53(55)57)30-28-41-15-12-14-40(36-41)26-24-38-20-22-39(23-21-38)25-27-42-29-33-50-48(37-42)45-16-9-10-19-49(45)54(50)34-4-2/h9-10,12-23,29,31-33,36-37H,3-8,11,34-35H2,1-2H3. The van der Waals surface area contributed by atoms with Crippen LogP contribution >= 0.6 is 0 Å². The van der Waals surface area contributed by atoms with Crippen molar-refractivity contribution >= 4 is 44.4 Å². The van der Waals surface area contributed by atoms with Gasteiger partial charge in [-0.3, -0.25) is 14.5 Å². The highest BCUT2D eigenvalue weighted by atomic mass is 16.2. The molecule has 0 saturated carbocycles. The summed E-state index contributed by atoms with van der Waals surface area (Å²) in [5.74, 6) is 19.4. The number of rotatable bonds is 9. The van der Waals surface area contributed by atoms with Crippen molar-refractivity contribution in [3.8, 4) is 35.5 Å². The molecule has 2 amide bonds. The van der Waals surface area contributed by atoms with Crippen LogP contribution in [0.5, 0.6) is 0 Å². The third-order valence-electron chi connectivity index (χ3n) is 10.7. The van der Waals surface area contributed by atoms with Gasteiger partial charge in [-0.25, -0.2) is 0 Å². The monoisotopic (exact) mass is 740 g/mol. The molecule has 1 aliphatic rings. The lowest BCUT2D eigenvalue weighted by molar-refractivity contribution is 0.0607. The lowest BCUT2D eigenvalue weighted by atomic mass is 9.91. The Bertz CT molecular complexity index is 2840. The third kappa shape index (κ3) is 7.85. The molecule has 0 N–H and O–H groups in total. The highest BCUT2D eigenvalue weighted by Crippen LogP contribution is 2.33. The van der Waals surface area contributed by atoms with Crippen molar-refractivity contribution in [1.82, 2.24) is 9.47 Å². The summed E-state index contributed by atoms with van der Waals surface area (Å²) < 4.78 is 2.40. The van der Waals surface area contributed by atoms with Gasteiger partial charge in [0.2, 0.25) is 0 Å². The second-order valence-corrected chi connectivity index (χ2v) is 14.7. The van der Waals surface area contributed by atoms with E-state index in [1.54, 1.807) is 0 Å². The molecule has 6 aromatic carbocycles. The van der Waals surface area contributed by atoms with Crippen LogP contribution in [0.4, 0.5) is 0 Å². The fourth-order valence-electron chi connectivity index (χ4n) is 7.84. The van der Waals surface area contributed by atoms with Crippen LogP contribution in [-0.4, -0.2) is 27.8 Å². The van der Waals surface area contributed by atoms with Gasteiger partial charge in [0.25, 0.3) is 11.8 Å². The van der Waals surface area contributed by atoms with Gasteiger partial charge in [-0.2, -0.15) is 0 Å². The van der Waals surface area contributed by atoms with Crippen LogP contribution in [0, 0.1) is 35.5 Å². The zero-order valence-corrected chi connectivity index (χ0v) is 32.6. The number of unbranched alkanes of at least 4 members (excludes halogenated alkanes) is 5. The summed E-state index contributed by atoms with van der Waals surface area (Å²) in [6.07, 6.45) is 7.67. The summed E-state index contributed by atoms with van der Waals surface area (Å²) in [6, 6.07) is 40.4. The second-order valence-electron chi connectivity index (χ2n) is 14.7. The Kier molecular flexibility index (Phi) is 11.0. The average Bonchev–Trinajstić information content (AvgIpc) is 3.55. The molecule has 0 aliphatic carbocycles. The van der Waals surface area contributed by atoms with Crippen LogP contribution in [0.3, 0.4) is 0 Å². The molecule has 278 valence electrons. The fourth-order valence-corrected chi connectivity index (χ4v) is 7.84. The number of carbonyl (C=O) groups excluding carboxylic acids is 2. The van der Waals surface area contributed by atoms with Crippen molar-refractivity contribution in [3.05, 3.63) is 166 Å². The molecule has 7 aromatic rings. The lowest BCUT2D eigenvalue weighted by Gasteiger charge is -2.27. The molecule has 4 heteroatoms. The molecule has 1 aliphatic heterocycles. The summed E-state index contributed by atoms with van der Waals surface area (Å²) >= 11 is 0. The van der Waals surface area contributed by atoms with Crippen LogP contribution < -0.4 is 0 Å². The van der Waals surface area contributed by atoms with E-state index in [-0.39, 0.29) is 11.8 Å². The molecule has 0 unspecified atom stereocenters. The largest absolute Gasteiger partial charge is 0.340 e. The predicted octanol–water partition coefficient (Wildman–Crippen LogP) is 11.5. The van der Waals surface area contributed by atoms with Crippen molar-refractivity contribution in [2.45, 2.75) is 65.3 Å². The van der Waals surface area contributed by atoms with E-state index >= 15 is 0 Å². The Balaban J connectivity index is 0.957. The van der Waals surface area contributed by atoms with E-state index in [1.807, 2.05) is 78.9 Å². The first-order chi connectivity index (χ1) is 28.0. The van der Waals surface area contributed by atoms with Crippen LogP contribution in [0.2, 0.25) is 0 Å². The molecule has 0 spiro atoms. The summed E-state index contributed by atoms with van der Waals surface area (Å²) in [6.45, 7) is 5.85. The topological polar surface area (TPSA) is 42.3 Å². The van der Waals surface area contributed by atoms with Gasteiger partial charge >= 0.3 is 0 Å². The lowest BCUT2D eigenvalue weighted by Crippen LogP contribution is -2.40. The molecule has 0 saturated heterocycles. The molecule has 2 heterocycles. The number of para-hydroxylation sites is 1. The number of aryl methyl sites for hydroxylation is 1. The zero-order valence-electron chi connectivity index (χ0n) is 32.6. The number of benzene rings is 6. The van der Waals surface area contributed by atoms with Gasteiger partial charge in [-0.15, -0.1) is 0 Å². The maximum Gasteiger partial charge on any atom is 0.261 e. The predicted molar refractivity (Wildman–Crippen MR) is 233 cm³/mol. The number of carbonyl (C=O) groups is 2. The summed E-state index contributed by atoms with van der Waals surface area (Å²) in [4.78, 5) is 28.4. The van der Waals surface area contributed by atoms with Crippen molar-refractivity contribution in [3.63, 3.8) is 0 Å². The van der Waals surface area contributed by atoms with Gasteiger partial charge in [0.05, 0.1) is 0 Å². The van der Waals surface area contributed by atoms with Crippen LogP contribution in [0.15, 0.2) is 121 Å². The maximum atomic E-state index is 13.5. The Hall–Kier alpha value is -6.80. The van der Waals surface area contributed by atoms with E-state index in [1.165, 1.54) is 46.0 Å². The van der Waals surface area contributed by atoms with Gasteiger partial charge in [-0.05, 0) is 103 Å². The summed E-state index contributed by atoms with van der Waals surface area (Å²) in [5, 5.41) is 4.02. The normalized spacial score (nSPS) is 11.9. The van der Waals surface area contributed by atoms with Gasteiger partial charge in [-0.1, -0.05) is 118 Å². The number of hydrogen-bond acceptors (Lipinski definition) is 2. The van der Waals surface area contributed by atoms with E-state index in [9.17, 15) is 9.59 Å². The number of fused-ring (bicyclic) bond motifs is 3. The summed E-state index contributed by atoms with van der Waals surface area (Å²) in [5.41, 5.74) is 8.96. The van der Waals surface area contributed by atoms with Gasteiger partial charge in [0.15, 0.2) is 0 Å². The van der Waals surface area contributed by atoms with Crippen molar-refractivity contribution in [2.24, 2.45) is 0 Å². The maximum absolute atomic E-state index is 13.5. The molecule has 0 fully saturated rings. The first-order valence-corrected chi connectivity index (χ1v) is 20.2. The van der Waals surface area contributed by atoms with E-state index < -0.39 is 0 Å². The van der Waals surface area contributed by atoms with E-state index in [0.29, 0.717) is 23.1 Å². The van der Waals surface area contributed by atoms with Crippen molar-refractivity contribution < 1.29 is 9.59 Å². The number of hydrogen-bond donors (Lipinski definition) is 0. The number of amides is 2. The molecule has 0 bridgehead atoms. The Morgan fingerprint density at radius 3 is 1.75 bits per heavy atom. The minimum Gasteiger partial charge on any atom is -0.340 e. The quantitative estimate of drug-likeness (QED) is 0.0840. The highest BCUT2D eigenvalue weighted by Gasteiger charge is 2.32. The molecule has 4 nitrogen and oxygen atoms in total. The number of imide groups is 1. The molecular weight excluding hydrogens is 697 g/mol. The number of aromatic nitrogens is 1. The Morgan fingerprint density at radius 1 is 0.439 bits per heavy atom. The van der Waals surface area contributed by atoms with Gasteiger partial charge < -0.3 is 4.57 Å². The van der Waals surface area contributed by atoms with Crippen LogP contribution in [0.25, 0.3) is 32.6 Å². The second kappa shape index (κ2) is 16.9. The SMILES string of the molecule is CCCCCCCCN1C(=O)c2cccc3c(C#Cc4cccc(C#Cc5ccc(C#Cc6ccc7c(c6)c6ccccc6n7CCC)cc5)c4)ccc(c23)C1=O. The van der Waals surface area contributed by atoms with Crippen LogP contribution in [-0.2, 0) is 6.54 Å². The minimum absolute atomic E-state index is 0.216. The number of nitrogens with zero attached hydrogens (tertiary/aromatic N) is 2. The Labute approximate surface area is 335 Å². The molecule has 1 aromatic heterocycles. The summed E-state index contributed by atoms with van der Waals surface area (Å²) in [7, 11) is 0. The average molecular weight is 741 g/mol. The molecule has 57 heavy (non-hydrogen) atoms. The van der Waals surface area contributed by atoms with Gasteiger partial charge in [0.1, 0.15) is 0 Å². The van der Waals surface area contributed by atoms with E-state index in [0.717, 1.165) is 71.0 Å². The molecule has 0 radical (unpaired) electrons. The molecule has 0 atom stereocenters. The molecular formula is C53H44N2O2. The minimum atomic E-state index is -0.216. The van der Waals surface area contributed by atoms with Crippen molar-refractivity contribution in [1.29, 1.82) is 0 Å². The highest BCUT2D eigenvalue weighted by molar-refractivity contribution is 6.26. The smallest absolute Gasteiger partial charge is 0.261 e. The van der Waals surface area contributed by atoms with Gasteiger partial charge in [0, 0.05) is 84.8 Å².